The van der Waals surface area contributed by atoms with Gasteiger partial charge in [0, 0.05) is 0 Å². The molecular formula is C19H28O3S. The van der Waals surface area contributed by atoms with Gasteiger partial charge in [-0.25, -0.2) is 0 Å². The standard InChI is InChI=1S/C19H28O3S/c1-15-9-10-17(16(2)12-15)8-6-4-5-7-11-23-14-18(20)13-19(21)22-3/h9-10,12H,4-8,11,13-14H2,1-3H3. The molecule has 0 fully saturated rings. The number of carbonyl (C=O) groups excluding carboxylic acids is 2. The van der Waals surface area contributed by atoms with E-state index in [4.69, 9.17) is 0 Å². The van der Waals surface area contributed by atoms with Crippen LogP contribution in [0.15, 0.2) is 18.2 Å². The van der Waals surface area contributed by atoms with Crippen LogP contribution in [0, 0.1) is 13.8 Å². The summed E-state index contributed by atoms with van der Waals surface area (Å²) >= 11 is 1.61. The minimum absolute atomic E-state index is 0.0447. The van der Waals surface area contributed by atoms with Crippen molar-refractivity contribution in [2.24, 2.45) is 0 Å². The van der Waals surface area contributed by atoms with Crippen LogP contribution in [-0.2, 0) is 20.7 Å². The largest absolute Gasteiger partial charge is 0.469 e. The van der Waals surface area contributed by atoms with Gasteiger partial charge in [0.2, 0.25) is 0 Å². The smallest absolute Gasteiger partial charge is 0.313 e. The number of esters is 1. The molecule has 128 valence electrons. The molecule has 3 nitrogen and oxygen atoms in total. The first-order chi connectivity index (χ1) is 11.0. The first-order valence-corrected chi connectivity index (χ1v) is 9.40. The van der Waals surface area contributed by atoms with Crippen LogP contribution in [0.2, 0.25) is 0 Å². The maximum atomic E-state index is 11.4. The van der Waals surface area contributed by atoms with Gasteiger partial charge in [0.15, 0.2) is 5.78 Å². The van der Waals surface area contributed by atoms with Gasteiger partial charge in [0.1, 0.15) is 6.42 Å². The van der Waals surface area contributed by atoms with E-state index in [1.807, 2.05) is 0 Å². The van der Waals surface area contributed by atoms with E-state index in [1.165, 1.54) is 43.1 Å². The number of carbonyl (C=O) groups is 2. The van der Waals surface area contributed by atoms with Gasteiger partial charge in [-0.05, 0) is 50.0 Å². The maximum Gasteiger partial charge on any atom is 0.313 e. The minimum atomic E-state index is -0.443. The van der Waals surface area contributed by atoms with E-state index in [2.05, 4.69) is 36.8 Å². The lowest BCUT2D eigenvalue weighted by Gasteiger charge is -2.07. The number of thioether (sulfide) groups is 1. The Hall–Kier alpha value is -1.29. The van der Waals surface area contributed by atoms with Crippen molar-refractivity contribution in [3.8, 4) is 0 Å². The minimum Gasteiger partial charge on any atom is -0.469 e. The number of rotatable bonds is 11. The van der Waals surface area contributed by atoms with Crippen LogP contribution in [0.5, 0.6) is 0 Å². The van der Waals surface area contributed by atoms with Crippen molar-refractivity contribution in [3.63, 3.8) is 0 Å². The zero-order valence-corrected chi connectivity index (χ0v) is 15.3. The molecule has 0 unspecified atom stereocenters. The lowest BCUT2D eigenvalue weighted by Crippen LogP contribution is -2.11. The zero-order valence-electron chi connectivity index (χ0n) is 14.5. The lowest BCUT2D eigenvalue weighted by molar-refractivity contribution is -0.142. The normalized spacial score (nSPS) is 10.6. The quantitative estimate of drug-likeness (QED) is 0.344. The second kappa shape index (κ2) is 11.3. The monoisotopic (exact) mass is 336 g/mol. The number of benzene rings is 1. The van der Waals surface area contributed by atoms with Gasteiger partial charge >= 0.3 is 5.97 Å². The fourth-order valence-corrected chi connectivity index (χ4v) is 3.35. The summed E-state index contributed by atoms with van der Waals surface area (Å²) in [5, 5.41) is 0. The Labute approximate surface area is 144 Å². The maximum absolute atomic E-state index is 11.4. The van der Waals surface area contributed by atoms with E-state index < -0.39 is 5.97 Å². The van der Waals surface area contributed by atoms with Gasteiger partial charge < -0.3 is 4.74 Å². The Kier molecular flexibility index (Phi) is 9.69. The van der Waals surface area contributed by atoms with Crippen molar-refractivity contribution in [1.29, 1.82) is 0 Å². The van der Waals surface area contributed by atoms with Crippen LogP contribution in [0.25, 0.3) is 0 Å². The molecule has 0 heterocycles. The highest BCUT2D eigenvalue weighted by Gasteiger charge is 2.08. The molecule has 0 atom stereocenters. The third-order valence-electron chi connectivity index (χ3n) is 3.82. The Balaban J connectivity index is 2.01. The molecule has 0 saturated heterocycles. The predicted molar refractivity (Wildman–Crippen MR) is 97.1 cm³/mol. The summed E-state index contributed by atoms with van der Waals surface area (Å²) in [7, 11) is 1.31. The summed E-state index contributed by atoms with van der Waals surface area (Å²) in [5.41, 5.74) is 4.17. The lowest BCUT2D eigenvalue weighted by atomic mass is 10.00. The van der Waals surface area contributed by atoms with Crippen molar-refractivity contribution in [1.82, 2.24) is 0 Å². The highest BCUT2D eigenvalue weighted by molar-refractivity contribution is 7.99. The zero-order chi connectivity index (χ0) is 17.1. The molecule has 0 spiro atoms. The number of methoxy groups -OCH3 is 1. The van der Waals surface area contributed by atoms with Gasteiger partial charge in [-0.1, -0.05) is 36.6 Å². The van der Waals surface area contributed by atoms with Crippen molar-refractivity contribution in [2.75, 3.05) is 18.6 Å². The molecule has 0 aliphatic rings. The summed E-state index contributed by atoms with van der Waals surface area (Å²) < 4.78 is 4.47. The molecule has 0 radical (unpaired) electrons. The van der Waals surface area contributed by atoms with Gasteiger partial charge in [0.25, 0.3) is 0 Å². The topological polar surface area (TPSA) is 43.4 Å². The number of unbranched alkanes of at least 4 members (excludes halogenated alkanes) is 3. The van der Waals surface area contributed by atoms with E-state index in [0.29, 0.717) is 5.75 Å². The molecule has 0 saturated carbocycles. The van der Waals surface area contributed by atoms with Crippen LogP contribution in [0.4, 0.5) is 0 Å². The number of hydrogen-bond acceptors (Lipinski definition) is 4. The third kappa shape index (κ3) is 8.80. The summed E-state index contributed by atoms with van der Waals surface area (Å²) in [6, 6.07) is 6.68. The highest BCUT2D eigenvalue weighted by atomic mass is 32.2. The number of hydrogen-bond donors (Lipinski definition) is 0. The van der Waals surface area contributed by atoms with E-state index in [9.17, 15) is 9.59 Å². The molecule has 4 heteroatoms. The second-order valence-corrected chi connectivity index (χ2v) is 7.04. The van der Waals surface area contributed by atoms with Crippen LogP contribution in [0.3, 0.4) is 0 Å². The van der Waals surface area contributed by atoms with E-state index in [0.717, 1.165) is 18.6 Å². The Morgan fingerprint density at radius 3 is 2.52 bits per heavy atom. The van der Waals surface area contributed by atoms with Crippen molar-refractivity contribution in [3.05, 3.63) is 34.9 Å². The van der Waals surface area contributed by atoms with Gasteiger partial charge in [-0.3, -0.25) is 9.59 Å². The van der Waals surface area contributed by atoms with Crippen molar-refractivity contribution < 1.29 is 14.3 Å². The van der Waals surface area contributed by atoms with E-state index >= 15 is 0 Å². The molecule has 1 aromatic carbocycles. The summed E-state index contributed by atoms with van der Waals surface area (Å²) in [6.07, 6.45) is 5.82. The fourth-order valence-electron chi connectivity index (χ4n) is 2.47. The molecule has 0 bridgehead atoms. The summed E-state index contributed by atoms with van der Waals surface area (Å²) in [5.74, 6) is 0.910. The number of ketones is 1. The molecule has 0 aromatic heterocycles. The van der Waals surface area contributed by atoms with Crippen LogP contribution in [-0.4, -0.2) is 30.4 Å². The fraction of sp³-hybridized carbons (Fsp3) is 0.579. The number of Topliss-reactive ketones (excluding diaryl/α,β-unsaturated/α-hetero) is 1. The number of ether oxygens (including phenoxy) is 1. The molecule has 1 rings (SSSR count). The van der Waals surface area contributed by atoms with E-state index in [1.54, 1.807) is 11.8 Å². The second-order valence-electron chi connectivity index (χ2n) is 5.94. The molecule has 1 aromatic rings. The first kappa shape index (κ1) is 19.8. The molecule has 0 N–H and O–H groups in total. The average molecular weight is 336 g/mol. The Bertz CT molecular complexity index is 511. The molecule has 23 heavy (non-hydrogen) atoms. The molecule has 0 aliphatic carbocycles. The SMILES string of the molecule is COC(=O)CC(=O)CSCCCCCCc1ccc(C)cc1C. The third-order valence-corrected chi connectivity index (χ3v) is 4.92. The van der Waals surface area contributed by atoms with Gasteiger partial charge in [-0.2, -0.15) is 11.8 Å². The molecule has 0 aliphatic heterocycles. The van der Waals surface area contributed by atoms with Crippen molar-refractivity contribution in [2.45, 2.75) is 52.4 Å². The van der Waals surface area contributed by atoms with Gasteiger partial charge in [0.05, 0.1) is 12.9 Å². The Morgan fingerprint density at radius 1 is 1.09 bits per heavy atom. The van der Waals surface area contributed by atoms with Crippen molar-refractivity contribution >= 4 is 23.5 Å². The van der Waals surface area contributed by atoms with Gasteiger partial charge in [-0.15, -0.1) is 0 Å². The highest BCUT2D eigenvalue weighted by Crippen LogP contribution is 2.15. The molecular weight excluding hydrogens is 308 g/mol. The van der Waals surface area contributed by atoms with Crippen LogP contribution < -0.4 is 0 Å². The molecule has 0 amide bonds. The summed E-state index contributed by atoms with van der Waals surface area (Å²) in [4.78, 5) is 22.4. The summed E-state index contributed by atoms with van der Waals surface area (Å²) in [6.45, 7) is 4.31. The number of aryl methyl sites for hydroxylation is 3. The van der Waals surface area contributed by atoms with Crippen LogP contribution >= 0.6 is 11.8 Å². The first-order valence-electron chi connectivity index (χ1n) is 8.25. The predicted octanol–water partition coefficient (Wildman–Crippen LogP) is 4.27. The Morgan fingerprint density at radius 2 is 1.83 bits per heavy atom. The average Bonchev–Trinajstić information content (AvgIpc) is 2.51. The van der Waals surface area contributed by atoms with E-state index in [-0.39, 0.29) is 12.2 Å². The van der Waals surface area contributed by atoms with Crippen LogP contribution in [0.1, 0.15) is 48.8 Å².